The number of nitrogens with one attached hydrogen (secondary N) is 1. The highest BCUT2D eigenvalue weighted by Gasteiger charge is 2.15. The van der Waals surface area contributed by atoms with Crippen LogP contribution in [0.4, 0.5) is 10.2 Å². The Morgan fingerprint density at radius 1 is 1.63 bits per heavy atom. The summed E-state index contributed by atoms with van der Waals surface area (Å²) in [4.78, 5) is 4.34. The zero-order valence-electron chi connectivity index (χ0n) is 11.2. The highest BCUT2D eigenvalue weighted by molar-refractivity contribution is 9.10. The van der Waals surface area contributed by atoms with Gasteiger partial charge in [0, 0.05) is 11.1 Å². The molecule has 0 aliphatic rings. The van der Waals surface area contributed by atoms with Gasteiger partial charge < -0.3 is 5.32 Å². The van der Waals surface area contributed by atoms with Crippen LogP contribution in [0.5, 0.6) is 0 Å². The van der Waals surface area contributed by atoms with E-state index >= 15 is 0 Å². The normalized spacial score (nSPS) is 13.4. The Labute approximate surface area is 128 Å². The van der Waals surface area contributed by atoms with Gasteiger partial charge in [-0.05, 0) is 39.0 Å². The summed E-state index contributed by atoms with van der Waals surface area (Å²) in [6.07, 6.45) is 1.39. The number of fused-ring (bicyclic) bond motifs is 1. The van der Waals surface area contributed by atoms with E-state index in [1.807, 2.05) is 0 Å². The predicted octanol–water partition coefficient (Wildman–Crippen LogP) is 3.96. The molecule has 19 heavy (non-hydrogen) atoms. The SMILES string of the molecule is [2H]C([2H])(Nc1nc(Cl)nn2cc(Br)c(F)c12)c1cccs1. The van der Waals surface area contributed by atoms with Crippen LogP contribution in [0, 0.1) is 5.82 Å². The van der Waals surface area contributed by atoms with Crippen LogP contribution >= 0.6 is 38.9 Å². The number of thiophene rings is 1. The molecule has 0 saturated carbocycles. The Bertz CT molecular complexity index is 808. The Morgan fingerprint density at radius 2 is 2.47 bits per heavy atom. The van der Waals surface area contributed by atoms with Gasteiger partial charge in [0.25, 0.3) is 0 Å². The van der Waals surface area contributed by atoms with E-state index in [-0.39, 0.29) is 21.1 Å². The first-order chi connectivity index (χ1) is 9.88. The topological polar surface area (TPSA) is 42.2 Å². The van der Waals surface area contributed by atoms with Gasteiger partial charge in [0.2, 0.25) is 5.28 Å². The van der Waals surface area contributed by atoms with Crippen molar-refractivity contribution in [3.05, 3.63) is 44.2 Å². The number of hydrogen-bond acceptors (Lipinski definition) is 4. The molecular formula is C11H7BrClFN4S. The lowest BCUT2D eigenvalue weighted by Gasteiger charge is -2.06. The second-order valence-corrected chi connectivity index (χ2v) is 5.68. The van der Waals surface area contributed by atoms with E-state index in [1.165, 1.54) is 22.0 Å². The first-order valence-corrected chi connectivity index (χ1v) is 7.15. The second kappa shape index (κ2) is 5.07. The predicted molar refractivity (Wildman–Crippen MR) is 77.3 cm³/mol. The van der Waals surface area contributed by atoms with E-state index < -0.39 is 12.3 Å². The molecule has 0 aromatic carbocycles. The number of hydrogen-bond donors (Lipinski definition) is 1. The van der Waals surface area contributed by atoms with Gasteiger partial charge in [-0.1, -0.05) is 6.07 Å². The van der Waals surface area contributed by atoms with Gasteiger partial charge in [-0.2, -0.15) is 4.98 Å². The maximum atomic E-state index is 14.1. The van der Waals surface area contributed by atoms with Crippen LogP contribution in [0.15, 0.2) is 28.2 Å². The molecule has 4 nitrogen and oxygen atoms in total. The minimum Gasteiger partial charge on any atom is -0.363 e. The zero-order chi connectivity index (χ0) is 15.2. The molecule has 3 heterocycles. The molecule has 3 aromatic rings. The van der Waals surface area contributed by atoms with Gasteiger partial charge in [0.05, 0.1) is 13.7 Å². The molecule has 0 saturated heterocycles. The summed E-state index contributed by atoms with van der Waals surface area (Å²) in [7, 11) is 0. The third kappa shape index (κ3) is 2.45. The highest BCUT2D eigenvalue weighted by atomic mass is 79.9. The van der Waals surface area contributed by atoms with E-state index in [1.54, 1.807) is 17.5 Å². The molecule has 3 aromatic heterocycles. The van der Waals surface area contributed by atoms with Gasteiger partial charge in [0.15, 0.2) is 11.6 Å². The van der Waals surface area contributed by atoms with Crippen molar-refractivity contribution in [2.45, 2.75) is 6.50 Å². The van der Waals surface area contributed by atoms with E-state index in [0.717, 1.165) is 0 Å². The van der Waals surface area contributed by atoms with Crippen molar-refractivity contribution in [3.63, 3.8) is 0 Å². The Morgan fingerprint density at radius 3 is 3.21 bits per heavy atom. The number of rotatable bonds is 3. The van der Waals surface area contributed by atoms with Crippen molar-refractivity contribution in [1.82, 2.24) is 14.6 Å². The molecule has 0 fully saturated rings. The maximum absolute atomic E-state index is 14.1. The van der Waals surface area contributed by atoms with Crippen molar-refractivity contribution in [3.8, 4) is 0 Å². The van der Waals surface area contributed by atoms with E-state index in [4.69, 9.17) is 14.3 Å². The Balaban J connectivity index is 2.12. The lowest BCUT2D eigenvalue weighted by Crippen LogP contribution is -2.05. The fraction of sp³-hybridized carbons (Fsp3) is 0.0909. The first-order valence-electron chi connectivity index (χ1n) is 6.10. The smallest absolute Gasteiger partial charge is 0.243 e. The fourth-order valence-corrected chi connectivity index (χ4v) is 2.67. The standard InChI is InChI=1S/C11H7BrClFN4S/c12-7-5-18-9(8(7)14)10(16-11(13)17-18)15-4-6-2-1-3-19-6/h1-3,5H,4H2,(H,15,16,17)/i4D2. The average Bonchev–Trinajstić information content (AvgIpc) is 2.99. The van der Waals surface area contributed by atoms with Crippen molar-refractivity contribution >= 4 is 50.2 Å². The highest BCUT2D eigenvalue weighted by Crippen LogP contribution is 2.27. The first kappa shape index (κ1) is 10.6. The molecular weight excluding hydrogens is 355 g/mol. The summed E-state index contributed by atoms with van der Waals surface area (Å²) in [5.74, 6) is -0.604. The Hall–Kier alpha value is -1.18. The monoisotopic (exact) mass is 362 g/mol. The number of aromatic nitrogens is 3. The number of nitrogens with zero attached hydrogens (tertiary/aromatic N) is 3. The summed E-state index contributed by atoms with van der Waals surface area (Å²) in [6, 6.07) is 3.37. The van der Waals surface area contributed by atoms with Gasteiger partial charge >= 0.3 is 0 Å². The van der Waals surface area contributed by atoms with Crippen LogP contribution in [-0.4, -0.2) is 14.6 Å². The van der Waals surface area contributed by atoms with E-state index in [2.05, 4.69) is 31.3 Å². The van der Waals surface area contributed by atoms with Crippen LogP contribution in [0.3, 0.4) is 0 Å². The van der Waals surface area contributed by atoms with Gasteiger partial charge in [-0.15, -0.1) is 16.4 Å². The lowest BCUT2D eigenvalue weighted by atomic mass is 10.4. The number of halogens is 3. The second-order valence-electron chi connectivity index (χ2n) is 3.54. The van der Waals surface area contributed by atoms with Crippen molar-refractivity contribution in [2.75, 3.05) is 5.32 Å². The lowest BCUT2D eigenvalue weighted by molar-refractivity contribution is 0.633. The molecule has 0 spiro atoms. The molecule has 3 rings (SSSR count). The molecule has 0 bridgehead atoms. The summed E-state index contributed by atoms with van der Waals surface area (Å²) in [6.45, 7) is -1.91. The minimum atomic E-state index is -1.91. The molecule has 0 aliphatic heterocycles. The van der Waals surface area contributed by atoms with Gasteiger partial charge in [0.1, 0.15) is 5.52 Å². The molecule has 0 unspecified atom stereocenters. The molecule has 0 aliphatic carbocycles. The van der Waals surface area contributed by atoms with E-state index in [0.29, 0.717) is 4.88 Å². The molecule has 8 heteroatoms. The number of anilines is 1. The third-order valence-electron chi connectivity index (χ3n) is 2.33. The molecule has 0 atom stereocenters. The van der Waals surface area contributed by atoms with Crippen LogP contribution < -0.4 is 5.32 Å². The minimum absolute atomic E-state index is 0.0170. The van der Waals surface area contributed by atoms with Gasteiger partial charge in [-0.25, -0.2) is 8.91 Å². The largest absolute Gasteiger partial charge is 0.363 e. The quantitative estimate of drug-likeness (QED) is 0.766. The maximum Gasteiger partial charge on any atom is 0.243 e. The molecule has 0 radical (unpaired) electrons. The zero-order valence-corrected chi connectivity index (χ0v) is 12.4. The molecule has 0 amide bonds. The van der Waals surface area contributed by atoms with Crippen LogP contribution in [0.25, 0.3) is 5.52 Å². The summed E-state index contributed by atoms with van der Waals surface area (Å²) < 4.78 is 31.6. The fourth-order valence-electron chi connectivity index (χ4n) is 1.55. The summed E-state index contributed by atoms with van der Waals surface area (Å²) in [5, 5.41) is 8.08. The molecule has 98 valence electrons. The average molecular weight is 364 g/mol. The van der Waals surface area contributed by atoms with Crippen LogP contribution in [-0.2, 0) is 6.50 Å². The van der Waals surface area contributed by atoms with Gasteiger partial charge in [-0.3, -0.25) is 0 Å². The van der Waals surface area contributed by atoms with E-state index in [9.17, 15) is 4.39 Å². The third-order valence-corrected chi connectivity index (χ3v) is 3.82. The summed E-state index contributed by atoms with van der Waals surface area (Å²) in [5.41, 5.74) is 0.0201. The van der Waals surface area contributed by atoms with Crippen molar-refractivity contribution in [1.29, 1.82) is 0 Å². The Kier molecular flexibility index (Phi) is 2.82. The van der Waals surface area contributed by atoms with Crippen LogP contribution in [0.2, 0.25) is 5.28 Å². The summed E-state index contributed by atoms with van der Waals surface area (Å²) >= 11 is 10.1. The van der Waals surface area contributed by atoms with Crippen molar-refractivity contribution in [2.24, 2.45) is 0 Å². The van der Waals surface area contributed by atoms with Crippen LogP contribution in [0.1, 0.15) is 7.62 Å². The molecule has 1 N–H and O–H groups in total. The van der Waals surface area contributed by atoms with Crippen molar-refractivity contribution < 1.29 is 7.13 Å².